The number of rotatable bonds is 5. The monoisotopic (exact) mass is 265 g/mol. The van der Waals surface area contributed by atoms with Gasteiger partial charge >= 0.3 is 0 Å². The fraction of sp³-hybridized carbons (Fsp3) is 0.417. The maximum absolute atomic E-state index is 12.0. The number of amides is 2. The van der Waals surface area contributed by atoms with Crippen LogP contribution in [0.25, 0.3) is 0 Å². The van der Waals surface area contributed by atoms with Crippen LogP contribution in [0.4, 0.5) is 5.69 Å². The van der Waals surface area contributed by atoms with Crippen molar-refractivity contribution < 1.29 is 9.59 Å². The van der Waals surface area contributed by atoms with Gasteiger partial charge in [0.1, 0.15) is 6.04 Å². The molecule has 0 radical (unpaired) electrons. The molecule has 2 amide bonds. The molecule has 0 aliphatic carbocycles. The van der Waals surface area contributed by atoms with E-state index in [0.29, 0.717) is 11.3 Å². The molecule has 1 heterocycles. The zero-order valence-corrected chi connectivity index (χ0v) is 11.2. The predicted molar refractivity (Wildman–Crippen MR) is 72.3 cm³/mol. The molecule has 0 bridgehead atoms. The maximum Gasteiger partial charge on any atom is 0.254 e. The van der Waals surface area contributed by atoms with E-state index in [1.807, 2.05) is 13.8 Å². The van der Waals surface area contributed by atoms with Crippen molar-refractivity contribution in [2.24, 2.45) is 5.84 Å². The summed E-state index contributed by atoms with van der Waals surface area (Å²) >= 11 is 0. The van der Waals surface area contributed by atoms with E-state index >= 15 is 0 Å². The molecule has 1 aromatic heterocycles. The number of pyridine rings is 1. The number of hydrogen-bond donors (Lipinski definition) is 4. The number of nitrogens with two attached hydrogens (primary N) is 1. The van der Waals surface area contributed by atoms with Crippen LogP contribution in [0.15, 0.2) is 18.5 Å². The van der Waals surface area contributed by atoms with Crippen LogP contribution in [-0.2, 0) is 4.79 Å². The Morgan fingerprint density at radius 1 is 1.26 bits per heavy atom. The van der Waals surface area contributed by atoms with Gasteiger partial charge in [0.05, 0.1) is 17.4 Å². The van der Waals surface area contributed by atoms with Gasteiger partial charge in [0.25, 0.3) is 5.91 Å². The summed E-state index contributed by atoms with van der Waals surface area (Å²) in [6, 6.07) is 0.917. The number of carbonyl (C=O) groups is 2. The number of aromatic nitrogens is 1. The summed E-state index contributed by atoms with van der Waals surface area (Å²) in [4.78, 5) is 27.6. The zero-order valence-electron chi connectivity index (χ0n) is 11.2. The van der Waals surface area contributed by atoms with E-state index in [1.54, 1.807) is 6.92 Å². The Bertz CT molecular complexity index is 461. The van der Waals surface area contributed by atoms with Crippen molar-refractivity contribution >= 4 is 17.5 Å². The van der Waals surface area contributed by atoms with Crippen molar-refractivity contribution in [2.45, 2.75) is 32.9 Å². The van der Waals surface area contributed by atoms with E-state index in [2.05, 4.69) is 21.0 Å². The standard InChI is InChI=1S/C12H19N5O2/c1-7(2)15-11(18)8(3)16-12(19)9-4-5-14-6-10(9)17-13/h4-8,17H,13H2,1-3H3,(H,15,18)(H,16,19). The van der Waals surface area contributed by atoms with Crippen molar-refractivity contribution in [3.05, 3.63) is 24.0 Å². The van der Waals surface area contributed by atoms with Crippen LogP contribution < -0.4 is 21.9 Å². The molecule has 0 saturated heterocycles. The molecule has 104 valence electrons. The van der Waals surface area contributed by atoms with Crippen LogP contribution >= 0.6 is 0 Å². The first kappa shape index (κ1) is 14.9. The Kier molecular flexibility index (Phi) is 5.25. The van der Waals surface area contributed by atoms with Crippen molar-refractivity contribution in [1.82, 2.24) is 15.6 Å². The third-order valence-electron chi connectivity index (χ3n) is 2.39. The van der Waals surface area contributed by atoms with Crippen LogP contribution in [0.2, 0.25) is 0 Å². The molecule has 1 aromatic rings. The number of hydrogen-bond acceptors (Lipinski definition) is 5. The highest BCUT2D eigenvalue weighted by Gasteiger charge is 2.18. The molecule has 0 spiro atoms. The summed E-state index contributed by atoms with van der Waals surface area (Å²) in [5.41, 5.74) is 3.12. The second-order valence-corrected chi connectivity index (χ2v) is 4.42. The van der Waals surface area contributed by atoms with Gasteiger partial charge in [0, 0.05) is 12.2 Å². The smallest absolute Gasteiger partial charge is 0.254 e. The molecular weight excluding hydrogens is 246 g/mol. The van der Waals surface area contributed by atoms with Gasteiger partial charge in [-0.15, -0.1) is 0 Å². The van der Waals surface area contributed by atoms with Gasteiger partial charge in [-0.05, 0) is 26.8 Å². The van der Waals surface area contributed by atoms with Crippen molar-refractivity contribution in [3.8, 4) is 0 Å². The van der Waals surface area contributed by atoms with Gasteiger partial charge in [-0.25, -0.2) is 0 Å². The fourth-order valence-corrected chi connectivity index (χ4v) is 1.46. The van der Waals surface area contributed by atoms with Gasteiger partial charge in [0.2, 0.25) is 5.91 Å². The summed E-state index contributed by atoms with van der Waals surface area (Å²) < 4.78 is 0. The van der Waals surface area contributed by atoms with E-state index in [-0.39, 0.29) is 17.9 Å². The van der Waals surface area contributed by atoms with Crippen molar-refractivity contribution in [2.75, 3.05) is 5.43 Å². The summed E-state index contributed by atoms with van der Waals surface area (Å²) in [6.45, 7) is 5.32. The molecule has 1 atom stereocenters. The van der Waals surface area contributed by atoms with Gasteiger partial charge < -0.3 is 16.1 Å². The maximum atomic E-state index is 12.0. The first-order chi connectivity index (χ1) is 8.95. The number of anilines is 1. The second-order valence-electron chi connectivity index (χ2n) is 4.42. The number of nitrogens with zero attached hydrogens (tertiary/aromatic N) is 1. The minimum atomic E-state index is -0.631. The molecule has 0 fully saturated rings. The minimum absolute atomic E-state index is 0.0223. The zero-order chi connectivity index (χ0) is 14.4. The van der Waals surface area contributed by atoms with Gasteiger partial charge in [-0.3, -0.25) is 20.4 Å². The summed E-state index contributed by atoms with van der Waals surface area (Å²) in [6.07, 6.45) is 2.92. The quantitative estimate of drug-likeness (QED) is 0.443. The average molecular weight is 265 g/mol. The fourth-order valence-electron chi connectivity index (χ4n) is 1.46. The van der Waals surface area contributed by atoms with Crippen LogP contribution in [0.1, 0.15) is 31.1 Å². The lowest BCUT2D eigenvalue weighted by Crippen LogP contribution is -2.46. The Morgan fingerprint density at radius 3 is 2.53 bits per heavy atom. The third kappa shape index (κ3) is 4.22. The second kappa shape index (κ2) is 6.69. The molecule has 1 rings (SSSR count). The molecule has 7 heteroatoms. The molecule has 5 N–H and O–H groups in total. The SMILES string of the molecule is CC(C)NC(=O)C(C)NC(=O)c1ccncc1NN. The highest BCUT2D eigenvalue weighted by atomic mass is 16.2. The summed E-state index contributed by atoms with van der Waals surface area (Å²) in [5, 5.41) is 5.32. The third-order valence-corrected chi connectivity index (χ3v) is 2.39. The van der Waals surface area contributed by atoms with Gasteiger partial charge in [-0.2, -0.15) is 0 Å². The van der Waals surface area contributed by atoms with Crippen LogP contribution in [-0.4, -0.2) is 28.9 Å². The highest BCUT2D eigenvalue weighted by Crippen LogP contribution is 2.11. The topological polar surface area (TPSA) is 109 Å². The van der Waals surface area contributed by atoms with E-state index in [1.165, 1.54) is 18.5 Å². The lowest BCUT2D eigenvalue weighted by molar-refractivity contribution is -0.123. The molecule has 0 aliphatic heterocycles. The molecule has 19 heavy (non-hydrogen) atoms. The van der Waals surface area contributed by atoms with E-state index in [0.717, 1.165) is 0 Å². The Labute approximate surface area is 111 Å². The van der Waals surface area contributed by atoms with Crippen LogP contribution in [0.5, 0.6) is 0 Å². The van der Waals surface area contributed by atoms with Gasteiger partial charge in [0.15, 0.2) is 0 Å². The minimum Gasteiger partial charge on any atom is -0.352 e. The lowest BCUT2D eigenvalue weighted by atomic mass is 10.2. The molecule has 1 unspecified atom stereocenters. The number of carbonyl (C=O) groups excluding carboxylic acids is 2. The largest absolute Gasteiger partial charge is 0.352 e. The van der Waals surface area contributed by atoms with Crippen LogP contribution in [0, 0.1) is 0 Å². The molecule has 0 aromatic carbocycles. The lowest BCUT2D eigenvalue weighted by Gasteiger charge is -2.16. The highest BCUT2D eigenvalue weighted by molar-refractivity contribution is 6.01. The molecule has 0 saturated carbocycles. The van der Waals surface area contributed by atoms with E-state index in [4.69, 9.17) is 5.84 Å². The average Bonchev–Trinajstić information content (AvgIpc) is 2.37. The number of nitrogens with one attached hydrogen (secondary N) is 3. The van der Waals surface area contributed by atoms with Crippen molar-refractivity contribution in [1.29, 1.82) is 0 Å². The van der Waals surface area contributed by atoms with E-state index < -0.39 is 6.04 Å². The van der Waals surface area contributed by atoms with Crippen LogP contribution in [0.3, 0.4) is 0 Å². The number of nitrogen functional groups attached to an aromatic ring is 1. The first-order valence-corrected chi connectivity index (χ1v) is 5.97. The Hall–Kier alpha value is -2.15. The summed E-state index contributed by atoms with van der Waals surface area (Å²) in [5.74, 6) is 4.67. The molecular formula is C12H19N5O2. The molecule has 0 aliphatic rings. The number of hydrazine groups is 1. The van der Waals surface area contributed by atoms with Gasteiger partial charge in [-0.1, -0.05) is 0 Å². The predicted octanol–water partition coefficient (Wildman–Crippen LogP) is 0.0101. The normalized spacial score (nSPS) is 11.8. The molecule has 7 nitrogen and oxygen atoms in total. The Balaban J connectivity index is 2.71. The van der Waals surface area contributed by atoms with Crippen molar-refractivity contribution in [3.63, 3.8) is 0 Å². The first-order valence-electron chi connectivity index (χ1n) is 5.97. The Morgan fingerprint density at radius 2 is 1.95 bits per heavy atom. The summed E-state index contributed by atoms with van der Waals surface area (Å²) in [7, 11) is 0. The van der Waals surface area contributed by atoms with E-state index in [9.17, 15) is 9.59 Å².